The molecule has 7 heteroatoms. The van der Waals surface area contributed by atoms with Gasteiger partial charge < -0.3 is 11.1 Å². The highest BCUT2D eigenvalue weighted by atomic mass is 32.1. The van der Waals surface area contributed by atoms with Crippen LogP contribution >= 0.6 is 12.2 Å². The van der Waals surface area contributed by atoms with Crippen molar-refractivity contribution >= 4 is 29.1 Å². The molecule has 1 fully saturated rings. The lowest BCUT2D eigenvalue weighted by atomic mass is 10.1. The van der Waals surface area contributed by atoms with Crippen LogP contribution in [0, 0.1) is 5.82 Å². The average Bonchev–Trinajstić information content (AvgIpc) is 2.51. The molecule has 1 aliphatic heterocycles. The maximum absolute atomic E-state index is 13.5. The van der Waals surface area contributed by atoms with Crippen molar-refractivity contribution in [3.8, 4) is 0 Å². The number of urea groups is 1. The van der Waals surface area contributed by atoms with Crippen LogP contribution in [0.3, 0.4) is 0 Å². The Morgan fingerprint density at radius 2 is 2.05 bits per heavy atom. The Labute approximate surface area is 120 Å². The van der Waals surface area contributed by atoms with Crippen LogP contribution in [0.25, 0.3) is 0 Å². The van der Waals surface area contributed by atoms with Crippen LogP contribution in [0.2, 0.25) is 0 Å². The van der Waals surface area contributed by atoms with E-state index >= 15 is 0 Å². The van der Waals surface area contributed by atoms with Crippen molar-refractivity contribution in [2.45, 2.75) is 25.9 Å². The van der Waals surface area contributed by atoms with Crippen molar-refractivity contribution < 1.29 is 14.0 Å². The van der Waals surface area contributed by atoms with Crippen LogP contribution in [0.5, 0.6) is 0 Å². The zero-order valence-corrected chi connectivity index (χ0v) is 11.9. The molecule has 0 saturated carbocycles. The van der Waals surface area contributed by atoms with Crippen LogP contribution in [0.4, 0.5) is 9.18 Å². The predicted molar refractivity (Wildman–Crippen MR) is 75.4 cm³/mol. The zero-order chi connectivity index (χ0) is 15.1. The summed E-state index contributed by atoms with van der Waals surface area (Å²) in [5.74, 6) is -0.875. The van der Waals surface area contributed by atoms with Gasteiger partial charge in [0, 0.05) is 5.56 Å². The monoisotopic (exact) mass is 295 g/mol. The summed E-state index contributed by atoms with van der Waals surface area (Å²) in [4.78, 5) is 24.9. The number of carbonyl (C=O) groups excluding carboxylic acids is 2. The Morgan fingerprint density at radius 1 is 1.40 bits per heavy atom. The van der Waals surface area contributed by atoms with E-state index in [2.05, 4.69) is 5.32 Å². The summed E-state index contributed by atoms with van der Waals surface area (Å²) in [6.07, 6.45) is 0. The molecule has 3 amide bonds. The summed E-state index contributed by atoms with van der Waals surface area (Å²) in [5.41, 5.74) is 5.33. The minimum Gasteiger partial charge on any atom is -0.389 e. The Morgan fingerprint density at radius 3 is 2.55 bits per heavy atom. The molecule has 5 nitrogen and oxygen atoms in total. The van der Waals surface area contributed by atoms with E-state index in [0.29, 0.717) is 11.1 Å². The van der Waals surface area contributed by atoms with Crippen LogP contribution in [0.15, 0.2) is 18.2 Å². The number of benzene rings is 1. The standard InChI is InChI=1S/C13H14FN3O2S/c1-13(2)11(18)17(12(19)16-13)6-7-3-8(10(15)20)5-9(14)4-7/h3-5H,6H2,1-2H3,(H2,15,20)(H,16,19). The van der Waals surface area contributed by atoms with Gasteiger partial charge in [-0.3, -0.25) is 9.69 Å². The molecule has 1 aromatic rings. The van der Waals surface area contributed by atoms with Crippen molar-refractivity contribution in [3.05, 3.63) is 35.1 Å². The van der Waals surface area contributed by atoms with Gasteiger partial charge in [0.2, 0.25) is 0 Å². The Hall–Kier alpha value is -2.02. The highest BCUT2D eigenvalue weighted by molar-refractivity contribution is 7.80. The van der Waals surface area contributed by atoms with Gasteiger partial charge in [-0.15, -0.1) is 0 Å². The fraction of sp³-hybridized carbons (Fsp3) is 0.308. The van der Waals surface area contributed by atoms with Crippen molar-refractivity contribution in [2.75, 3.05) is 0 Å². The number of nitrogens with zero attached hydrogens (tertiary/aromatic N) is 1. The highest BCUT2D eigenvalue weighted by Crippen LogP contribution is 2.20. The van der Waals surface area contributed by atoms with Gasteiger partial charge >= 0.3 is 6.03 Å². The number of imide groups is 1. The smallest absolute Gasteiger partial charge is 0.325 e. The SMILES string of the molecule is CC1(C)NC(=O)N(Cc2cc(F)cc(C(N)=S)c2)C1=O. The normalized spacial score (nSPS) is 17.2. The molecule has 1 heterocycles. The molecular formula is C13H14FN3O2S. The van der Waals surface area contributed by atoms with E-state index in [4.69, 9.17) is 18.0 Å². The molecule has 0 aromatic heterocycles. The fourth-order valence-electron chi connectivity index (χ4n) is 2.03. The lowest BCUT2D eigenvalue weighted by molar-refractivity contribution is -0.130. The van der Waals surface area contributed by atoms with E-state index in [1.165, 1.54) is 12.1 Å². The molecule has 1 aliphatic rings. The Kier molecular flexibility index (Phi) is 3.47. The second-order valence-corrected chi connectivity index (χ2v) is 5.60. The molecule has 0 bridgehead atoms. The number of amides is 3. The third-order valence-electron chi connectivity index (χ3n) is 3.03. The zero-order valence-electron chi connectivity index (χ0n) is 11.1. The maximum Gasteiger partial charge on any atom is 0.325 e. The number of hydrogen-bond donors (Lipinski definition) is 2. The van der Waals surface area contributed by atoms with Gasteiger partial charge in [-0.2, -0.15) is 0 Å². The minimum atomic E-state index is -0.948. The number of rotatable bonds is 3. The van der Waals surface area contributed by atoms with Gasteiger partial charge in [-0.25, -0.2) is 9.18 Å². The third-order valence-corrected chi connectivity index (χ3v) is 3.26. The van der Waals surface area contributed by atoms with Crippen LogP contribution in [0.1, 0.15) is 25.0 Å². The number of nitrogens with one attached hydrogen (secondary N) is 1. The van der Waals surface area contributed by atoms with Gasteiger partial charge in [-0.1, -0.05) is 12.2 Å². The van der Waals surface area contributed by atoms with Gasteiger partial charge in [0.25, 0.3) is 5.91 Å². The molecule has 2 rings (SSSR count). The minimum absolute atomic E-state index is 0.0263. The molecule has 20 heavy (non-hydrogen) atoms. The number of halogens is 1. The average molecular weight is 295 g/mol. The fourth-order valence-corrected chi connectivity index (χ4v) is 2.15. The molecule has 1 aromatic carbocycles. The lowest BCUT2D eigenvalue weighted by Crippen LogP contribution is -2.40. The number of nitrogens with two attached hydrogens (primary N) is 1. The third kappa shape index (κ3) is 2.62. The molecule has 106 valence electrons. The first-order chi connectivity index (χ1) is 9.20. The summed E-state index contributed by atoms with van der Waals surface area (Å²) in [6, 6.07) is 3.52. The van der Waals surface area contributed by atoms with Crippen molar-refractivity contribution in [1.82, 2.24) is 10.2 Å². The van der Waals surface area contributed by atoms with Crippen molar-refractivity contribution in [1.29, 1.82) is 0 Å². The van der Waals surface area contributed by atoms with E-state index in [-0.39, 0.29) is 17.4 Å². The lowest BCUT2D eigenvalue weighted by Gasteiger charge is -2.16. The second-order valence-electron chi connectivity index (χ2n) is 5.16. The molecule has 0 aliphatic carbocycles. The summed E-state index contributed by atoms with van der Waals surface area (Å²) < 4.78 is 13.5. The molecule has 0 spiro atoms. The topological polar surface area (TPSA) is 75.4 Å². The summed E-state index contributed by atoms with van der Waals surface area (Å²) in [7, 11) is 0. The first kappa shape index (κ1) is 14.4. The molecule has 0 unspecified atom stereocenters. The van der Waals surface area contributed by atoms with Gasteiger partial charge in [0.15, 0.2) is 0 Å². The van der Waals surface area contributed by atoms with Gasteiger partial charge in [0.1, 0.15) is 16.3 Å². The summed E-state index contributed by atoms with van der Waals surface area (Å²) in [5, 5.41) is 2.56. The van der Waals surface area contributed by atoms with Gasteiger partial charge in [-0.05, 0) is 37.6 Å². The first-order valence-electron chi connectivity index (χ1n) is 5.94. The quantitative estimate of drug-likeness (QED) is 0.651. The van der Waals surface area contributed by atoms with Crippen LogP contribution in [-0.4, -0.2) is 27.4 Å². The molecule has 0 radical (unpaired) electrons. The molecular weight excluding hydrogens is 281 g/mol. The number of thiocarbonyl (C=S) groups is 1. The van der Waals surface area contributed by atoms with E-state index in [1.807, 2.05) is 0 Å². The van der Waals surface area contributed by atoms with Crippen LogP contribution < -0.4 is 11.1 Å². The molecule has 1 saturated heterocycles. The number of carbonyl (C=O) groups is 2. The summed E-state index contributed by atoms with van der Waals surface area (Å²) in [6.45, 7) is 3.19. The first-order valence-corrected chi connectivity index (χ1v) is 6.35. The predicted octanol–water partition coefficient (Wildman–Crippen LogP) is 1.29. The van der Waals surface area contributed by atoms with E-state index in [9.17, 15) is 14.0 Å². The van der Waals surface area contributed by atoms with E-state index < -0.39 is 17.4 Å². The Bertz CT molecular complexity index is 616. The largest absolute Gasteiger partial charge is 0.389 e. The highest BCUT2D eigenvalue weighted by Gasteiger charge is 2.44. The van der Waals surface area contributed by atoms with Crippen LogP contribution in [-0.2, 0) is 11.3 Å². The Balaban J connectivity index is 2.29. The van der Waals surface area contributed by atoms with Gasteiger partial charge in [0.05, 0.1) is 6.54 Å². The van der Waals surface area contributed by atoms with Crippen molar-refractivity contribution in [3.63, 3.8) is 0 Å². The maximum atomic E-state index is 13.5. The van der Waals surface area contributed by atoms with E-state index in [0.717, 1.165) is 4.90 Å². The second kappa shape index (κ2) is 4.82. The number of hydrogen-bond acceptors (Lipinski definition) is 3. The summed E-state index contributed by atoms with van der Waals surface area (Å²) >= 11 is 4.80. The molecule has 3 N–H and O–H groups in total. The molecule has 0 atom stereocenters. The van der Waals surface area contributed by atoms with Crippen molar-refractivity contribution in [2.24, 2.45) is 5.73 Å². The van der Waals surface area contributed by atoms with E-state index in [1.54, 1.807) is 19.9 Å².